The van der Waals surface area contributed by atoms with E-state index in [0.717, 1.165) is 11.1 Å². The van der Waals surface area contributed by atoms with Crippen LogP contribution < -0.4 is 0 Å². The first-order chi connectivity index (χ1) is 9.54. The number of nitrogens with zero attached hydrogens (tertiary/aromatic N) is 1. The molecular weight excluding hydrogens is 254 g/mol. The van der Waals surface area contributed by atoms with Gasteiger partial charge in [-0.3, -0.25) is 0 Å². The first kappa shape index (κ1) is 12.4. The fourth-order valence-corrected chi connectivity index (χ4v) is 2.23. The maximum atomic E-state index is 11.0. The lowest BCUT2D eigenvalue weighted by molar-refractivity contribution is 0.0697. The van der Waals surface area contributed by atoms with Crippen LogP contribution in [0.3, 0.4) is 0 Å². The van der Waals surface area contributed by atoms with Crippen molar-refractivity contribution in [1.82, 2.24) is 4.98 Å². The van der Waals surface area contributed by atoms with Crippen molar-refractivity contribution in [2.45, 2.75) is 13.8 Å². The molecule has 0 aliphatic rings. The van der Waals surface area contributed by atoms with E-state index in [1.807, 2.05) is 26.0 Å². The highest BCUT2D eigenvalue weighted by Crippen LogP contribution is 2.27. The molecule has 1 N–H and O–H groups in total. The van der Waals surface area contributed by atoms with E-state index in [4.69, 9.17) is 9.52 Å². The molecule has 0 spiro atoms. The van der Waals surface area contributed by atoms with Gasteiger partial charge < -0.3 is 9.52 Å². The van der Waals surface area contributed by atoms with Gasteiger partial charge in [-0.2, -0.15) is 0 Å². The van der Waals surface area contributed by atoms with Crippen LogP contribution in [0.5, 0.6) is 0 Å². The van der Waals surface area contributed by atoms with E-state index in [2.05, 4.69) is 11.1 Å². The van der Waals surface area contributed by atoms with Gasteiger partial charge in [-0.1, -0.05) is 17.7 Å². The van der Waals surface area contributed by atoms with Crippen LogP contribution >= 0.6 is 0 Å². The largest absolute Gasteiger partial charge is 0.478 e. The summed E-state index contributed by atoms with van der Waals surface area (Å²) in [5.74, 6) is -0.462. The lowest BCUT2D eigenvalue weighted by Crippen LogP contribution is -1.94. The monoisotopic (exact) mass is 267 g/mol. The molecule has 20 heavy (non-hydrogen) atoms. The maximum Gasteiger partial charge on any atom is 0.335 e. The molecule has 0 aliphatic carbocycles. The van der Waals surface area contributed by atoms with Gasteiger partial charge in [0, 0.05) is 5.56 Å². The molecule has 4 heteroatoms. The second kappa shape index (κ2) is 4.49. The molecular formula is C16H13NO3. The van der Waals surface area contributed by atoms with Gasteiger partial charge in [0.05, 0.1) is 5.56 Å². The Balaban J connectivity index is 2.15. The van der Waals surface area contributed by atoms with Crippen molar-refractivity contribution in [2.75, 3.05) is 0 Å². The maximum absolute atomic E-state index is 11.0. The summed E-state index contributed by atoms with van der Waals surface area (Å²) in [5, 5.41) is 8.98. The van der Waals surface area contributed by atoms with Crippen molar-refractivity contribution in [3.05, 3.63) is 53.1 Å². The van der Waals surface area contributed by atoms with Crippen LogP contribution in [0.4, 0.5) is 0 Å². The summed E-state index contributed by atoms with van der Waals surface area (Å²) >= 11 is 0. The van der Waals surface area contributed by atoms with E-state index in [1.54, 1.807) is 6.07 Å². The molecule has 0 radical (unpaired) electrons. The number of hydrogen-bond donors (Lipinski definition) is 1. The quantitative estimate of drug-likeness (QED) is 0.766. The number of aromatic nitrogens is 1. The average molecular weight is 267 g/mol. The zero-order chi connectivity index (χ0) is 14.3. The van der Waals surface area contributed by atoms with Crippen LogP contribution in [0.15, 0.2) is 40.8 Å². The summed E-state index contributed by atoms with van der Waals surface area (Å²) in [6, 6.07) is 10.7. The number of aromatic carboxylic acids is 1. The molecule has 3 aromatic rings. The van der Waals surface area contributed by atoms with Crippen LogP contribution in [0.25, 0.3) is 22.6 Å². The lowest BCUT2D eigenvalue weighted by Gasteiger charge is -2.01. The number of hydrogen-bond acceptors (Lipinski definition) is 3. The van der Waals surface area contributed by atoms with Gasteiger partial charge in [0.15, 0.2) is 5.58 Å². The summed E-state index contributed by atoms with van der Waals surface area (Å²) in [7, 11) is 0. The Kier molecular flexibility index (Phi) is 2.79. The molecule has 0 unspecified atom stereocenters. The Morgan fingerprint density at radius 2 is 1.95 bits per heavy atom. The number of oxazole rings is 1. The standard InChI is InChI=1S/C16H13NO3/c1-9-3-5-12(10(2)7-9)15-17-13-6-4-11(16(18)19)8-14(13)20-15/h3-8H,1-2H3,(H,18,19). The van der Waals surface area contributed by atoms with E-state index in [1.165, 1.54) is 17.7 Å². The van der Waals surface area contributed by atoms with Crippen molar-refractivity contribution >= 4 is 17.1 Å². The smallest absolute Gasteiger partial charge is 0.335 e. The van der Waals surface area contributed by atoms with Crippen molar-refractivity contribution in [3.63, 3.8) is 0 Å². The summed E-state index contributed by atoms with van der Waals surface area (Å²) in [5.41, 5.74) is 4.51. The van der Waals surface area contributed by atoms with Crippen LogP contribution in [0.1, 0.15) is 21.5 Å². The minimum absolute atomic E-state index is 0.195. The first-order valence-corrected chi connectivity index (χ1v) is 6.26. The molecule has 0 aliphatic heterocycles. The number of carboxylic acids is 1. The lowest BCUT2D eigenvalue weighted by atomic mass is 10.1. The molecule has 3 rings (SSSR count). The van der Waals surface area contributed by atoms with E-state index in [9.17, 15) is 4.79 Å². The summed E-state index contributed by atoms with van der Waals surface area (Å²) in [6.45, 7) is 4.03. The summed E-state index contributed by atoms with van der Waals surface area (Å²) in [4.78, 5) is 15.4. The number of carboxylic acid groups (broad SMARTS) is 1. The molecule has 0 amide bonds. The van der Waals surface area contributed by atoms with Crippen LogP contribution in [-0.4, -0.2) is 16.1 Å². The first-order valence-electron chi connectivity index (χ1n) is 6.26. The van der Waals surface area contributed by atoms with Gasteiger partial charge in [0.2, 0.25) is 5.89 Å². The normalized spacial score (nSPS) is 10.9. The molecule has 0 bridgehead atoms. The molecule has 0 saturated carbocycles. The fraction of sp³-hybridized carbons (Fsp3) is 0.125. The highest BCUT2D eigenvalue weighted by Gasteiger charge is 2.12. The fourth-order valence-electron chi connectivity index (χ4n) is 2.23. The van der Waals surface area contributed by atoms with Crippen LogP contribution in [-0.2, 0) is 0 Å². The molecule has 0 saturated heterocycles. The molecule has 1 heterocycles. The highest BCUT2D eigenvalue weighted by atomic mass is 16.4. The predicted octanol–water partition coefficient (Wildman–Crippen LogP) is 3.81. The topological polar surface area (TPSA) is 63.3 Å². The number of carbonyl (C=O) groups is 1. The minimum atomic E-state index is -0.976. The Morgan fingerprint density at radius 1 is 1.15 bits per heavy atom. The van der Waals surface area contributed by atoms with Crippen LogP contribution in [0.2, 0.25) is 0 Å². The van der Waals surface area contributed by atoms with Crippen molar-refractivity contribution in [3.8, 4) is 11.5 Å². The molecule has 1 aromatic heterocycles. The number of benzene rings is 2. The van der Waals surface area contributed by atoms with E-state index in [-0.39, 0.29) is 5.56 Å². The van der Waals surface area contributed by atoms with Gasteiger partial charge in [0.25, 0.3) is 0 Å². The second-order valence-electron chi connectivity index (χ2n) is 4.83. The zero-order valence-electron chi connectivity index (χ0n) is 11.2. The second-order valence-corrected chi connectivity index (χ2v) is 4.83. The zero-order valence-corrected chi connectivity index (χ0v) is 11.2. The molecule has 2 aromatic carbocycles. The summed E-state index contributed by atoms with van der Waals surface area (Å²) < 4.78 is 5.69. The van der Waals surface area contributed by atoms with E-state index < -0.39 is 5.97 Å². The van der Waals surface area contributed by atoms with Crippen molar-refractivity contribution < 1.29 is 14.3 Å². The van der Waals surface area contributed by atoms with Gasteiger partial charge in [-0.15, -0.1) is 0 Å². The number of fused-ring (bicyclic) bond motifs is 1. The van der Waals surface area contributed by atoms with Gasteiger partial charge in [-0.05, 0) is 43.7 Å². The third kappa shape index (κ3) is 2.05. The van der Waals surface area contributed by atoms with E-state index >= 15 is 0 Å². The van der Waals surface area contributed by atoms with Gasteiger partial charge in [0.1, 0.15) is 5.52 Å². The molecule has 4 nitrogen and oxygen atoms in total. The molecule has 0 atom stereocenters. The van der Waals surface area contributed by atoms with Crippen LogP contribution in [0, 0.1) is 13.8 Å². The number of aryl methyl sites for hydroxylation is 2. The molecule has 100 valence electrons. The molecule has 0 fully saturated rings. The number of rotatable bonds is 2. The van der Waals surface area contributed by atoms with Gasteiger partial charge in [-0.25, -0.2) is 9.78 Å². The van der Waals surface area contributed by atoms with Crippen molar-refractivity contribution in [2.24, 2.45) is 0 Å². The highest BCUT2D eigenvalue weighted by molar-refractivity contribution is 5.92. The minimum Gasteiger partial charge on any atom is -0.478 e. The van der Waals surface area contributed by atoms with Crippen molar-refractivity contribution in [1.29, 1.82) is 0 Å². The Morgan fingerprint density at radius 3 is 2.65 bits per heavy atom. The Labute approximate surface area is 115 Å². The SMILES string of the molecule is Cc1ccc(-c2nc3ccc(C(=O)O)cc3o2)c(C)c1. The van der Waals surface area contributed by atoms with E-state index in [0.29, 0.717) is 17.0 Å². The third-order valence-electron chi connectivity index (χ3n) is 3.25. The average Bonchev–Trinajstić information content (AvgIpc) is 2.80. The summed E-state index contributed by atoms with van der Waals surface area (Å²) in [6.07, 6.45) is 0. The Hall–Kier alpha value is -2.62. The Bertz CT molecular complexity index is 818. The third-order valence-corrected chi connectivity index (χ3v) is 3.25. The predicted molar refractivity (Wildman–Crippen MR) is 75.9 cm³/mol. The van der Waals surface area contributed by atoms with Gasteiger partial charge >= 0.3 is 5.97 Å².